The van der Waals surface area contributed by atoms with Gasteiger partial charge in [0.1, 0.15) is 5.82 Å². The van der Waals surface area contributed by atoms with Gasteiger partial charge in [-0.25, -0.2) is 4.68 Å². The van der Waals surface area contributed by atoms with Crippen molar-refractivity contribution in [1.82, 2.24) is 9.78 Å². The first kappa shape index (κ1) is 15.1. The van der Waals surface area contributed by atoms with Crippen LogP contribution in [0.3, 0.4) is 0 Å². The fraction of sp³-hybridized carbons (Fsp3) is 0.294. The molecule has 1 amide bonds. The van der Waals surface area contributed by atoms with Gasteiger partial charge in [0.05, 0.1) is 12.3 Å². The number of hydrogen-bond acceptors (Lipinski definition) is 4. The van der Waals surface area contributed by atoms with Crippen LogP contribution in [-0.4, -0.2) is 22.3 Å². The number of hydrogen-bond donors (Lipinski definition) is 1. The second-order valence-electron chi connectivity index (χ2n) is 5.16. The molecule has 0 aliphatic carbocycles. The summed E-state index contributed by atoms with van der Waals surface area (Å²) < 4.78 is 13.0. The molecule has 0 aliphatic heterocycles. The number of aryl methyl sites for hydroxylation is 2. The molecule has 0 spiro atoms. The zero-order valence-corrected chi connectivity index (χ0v) is 13.4. The standard InChI is InChI=1S/C17H19N3O3/c1-4-20-15(9-11(3)19-20)18-17(21)14-10-12-7-6-8-13(22-5-2)16(12)23-14/h6-10H,4-5H2,1-3H3,(H,18,21). The molecule has 6 heteroatoms. The molecule has 6 nitrogen and oxygen atoms in total. The van der Waals surface area contributed by atoms with Gasteiger partial charge in [-0.1, -0.05) is 12.1 Å². The van der Waals surface area contributed by atoms with Crippen LogP contribution in [0.2, 0.25) is 0 Å². The minimum atomic E-state index is -0.307. The van der Waals surface area contributed by atoms with Crippen LogP contribution in [0.1, 0.15) is 30.1 Å². The number of para-hydroxylation sites is 1. The Balaban J connectivity index is 1.90. The molecule has 2 aromatic heterocycles. The van der Waals surface area contributed by atoms with Crippen molar-refractivity contribution in [1.29, 1.82) is 0 Å². The Bertz CT molecular complexity index is 848. The van der Waals surface area contributed by atoms with Crippen molar-refractivity contribution in [2.45, 2.75) is 27.3 Å². The van der Waals surface area contributed by atoms with Gasteiger partial charge < -0.3 is 14.5 Å². The van der Waals surface area contributed by atoms with Crippen LogP contribution in [0.25, 0.3) is 11.0 Å². The molecule has 0 unspecified atom stereocenters. The number of rotatable bonds is 5. The number of aromatic nitrogens is 2. The lowest BCUT2D eigenvalue weighted by Crippen LogP contribution is -2.14. The highest BCUT2D eigenvalue weighted by atomic mass is 16.5. The normalized spacial score (nSPS) is 10.9. The van der Waals surface area contributed by atoms with E-state index in [0.717, 1.165) is 11.1 Å². The summed E-state index contributed by atoms with van der Waals surface area (Å²) in [5.74, 6) is 1.23. The summed E-state index contributed by atoms with van der Waals surface area (Å²) >= 11 is 0. The van der Waals surface area contributed by atoms with Gasteiger partial charge in [-0.2, -0.15) is 5.10 Å². The van der Waals surface area contributed by atoms with E-state index in [2.05, 4.69) is 10.4 Å². The summed E-state index contributed by atoms with van der Waals surface area (Å²) in [6, 6.07) is 9.13. The third kappa shape index (κ3) is 2.92. The van der Waals surface area contributed by atoms with Crippen LogP contribution in [0, 0.1) is 6.92 Å². The Morgan fingerprint density at radius 3 is 2.91 bits per heavy atom. The van der Waals surface area contributed by atoms with E-state index in [9.17, 15) is 4.79 Å². The predicted octanol–water partition coefficient (Wildman–Crippen LogP) is 3.61. The van der Waals surface area contributed by atoms with Crippen LogP contribution in [0.15, 0.2) is 34.7 Å². The maximum atomic E-state index is 12.4. The van der Waals surface area contributed by atoms with Gasteiger partial charge in [-0.3, -0.25) is 4.79 Å². The molecule has 0 fully saturated rings. The number of furan rings is 1. The lowest BCUT2D eigenvalue weighted by molar-refractivity contribution is 0.0997. The summed E-state index contributed by atoms with van der Waals surface area (Å²) in [5, 5.41) is 7.98. The average molecular weight is 313 g/mol. The van der Waals surface area contributed by atoms with E-state index in [-0.39, 0.29) is 11.7 Å². The Morgan fingerprint density at radius 2 is 2.17 bits per heavy atom. The quantitative estimate of drug-likeness (QED) is 0.781. The number of fused-ring (bicyclic) bond motifs is 1. The summed E-state index contributed by atoms with van der Waals surface area (Å²) in [7, 11) is 0. The van der Waals surface area contributed by atoms with Crippen molar-refractivity contribution >= 4 is 22.7 Å². The first-order valence-electron chi connectivity index (χ1n) is 7.63. The molecule has 23 heavy (non-hydrogen) atoms. The zero-order valence-electron chi connectivity index (χ0n) is 13.4. The molecule has 0 aliphatic rings. The fourth-order valence-electron chi connectivity index (χ4n) is 2.48. The molecule has 120 valence electrons. The fourth-order valence-corrected chi connectivity index (χ4v) is 2.48. The highest BCUT2D eigenvalue weighted by Gasteiger charge is 2.16. The SMILES string of the molecule is CCOc1cccc2cc(C(=O)Nc3cc(C)nn3CC)oc12. The van der Waals surface area contributed by atoms with Gasteiger partial charge in [0.25, 0.3) is 5.91 Å². The van der Waals surface area contributed by atoms with Crippen molar-refractivity contribution in [2.75, 3.05) is 11.9 Å². The number of nitrogens with one attached hydrogen (secondary N) is 1. The maximum Gasteiger partial charge on any atom is 0.292 e. The third-order valence-corrected chi connectivity index (χ3v) is 3.47. The Kier molecular flexibility index (Phi) is 4.06. The van der Waals surface area contributed by atoms with Gasteiger partial charge in [0.15, 0.2) is 17.1 Å². The third-order valence-electron chi connectivity index (χ3n) is 3.47. The molecule has 3 aromatic rings. The number of amides is 1. The van der Waals surface area contributed by atoms with Crippen molar-refractivity contribution in [3.63, 3.8) is 0 Å². The van der Waals surface area contributed by atoms with Crippen LogP contribution in [0.4, 0.5) is 5.82 Å². The highest BCUT2D eigenvalue weighted by Crippen LogP contribution is 2.29. The lowest BCUT2D eigenvalue weighted by Gasteiger charge is -2.05. The summed E-state index contributed by atoms with van der Waals surface area (Å²) in [6.07, 6.45) is 0. The molecule has 0 bridgehead atoms. The van der Waals surface area contributed by atoms with Gasteiger partial charge in [-0.15, -0.1) is 0 Å². The van der Waals surface area contributed by atoms with Crippen molar-refractivity contribution < 1.29 is 13.9 Å². The van der Waals surface area contributed by atoms with Crippen molar-refractivity contribution in [2.24, 2.45) is 0 Å². The summed E-state index contributed by atoms with van der Waals surface area (Å²) in [6.45, 7) is 6.98. The van der Waals surface area contributed by atoms with Gasteiger partial charge in [-0.05, 0) is 32.9 Å². The molecule has 0 saturated carbocycles. The molecule has 0 radical (unpaired) electrons. The first-order chi connectivity index (χ1) is 11.1. The van der Waals surface area contributed by atoms with Crippen molar-refractivity contribution in [3.8, 4) is 5.75 Å². The molecule has 1 N–H and O–H groups in total. The average Bonchev–Trinajstić information content (AvgIpc) is 3.11. The Morgan fingerprint density at radius 1 is 1.35 bits per heavy atom. The number of ether oxygens (including phenoxy) is 1. The van der Waals surface area contributed by atoms with Gasteiger partial charge in [0.2, 0.25) is 0 Å². The zero-order chi connectivity index (χ0) is 16.4. The van der Waals surface area contributed by atoms with Crippen LogP contribution < -0.4 is 10.1 Å². The van der Waals surface area contributed by atoms with E-state index in [1.807, 2.05) is 45.0 Å². The molecular weight excluding hydrogens is 294 g/mol. The number of carbonyl (C=O) groups is 1. The molecule has 0 atom stereocenters. The summed E-state index contributed by atoms with van der Waals surface area (Å²) in [4.78, 5) is 12.4. The predicted molar refractivity (Wildman–Crippen MR) is 88.0 cm³/mol. The number of carbonyl (C=O) groups excluding carboxylic acids is 1. The Labute approximate surface area is 134 Å². The molecule has 0 saturated heterocycles. The van der Waals surface area contributed by atoms with Crippen LogP contribution >= 0.6 is 0 Å². The minimum absolute atomic E-state index is 0.244. The van der Waals surface area contributed by atoms with E-state index < -0.39 is 0 Å². The van der Waals surface area contributed by atoms with Gasteiger partial charge in [0, 0.05) is 18.0 Å². The number of anilines is 1. The summed E-state index contributed by atoms with van der Waals surface area (Å²) in [5.41, 5.74) is 1.44. The first-order valence-corrected chi connectivity index (χ1v) is 7.63. The minimum Gasteiger partial charge on any atom is -0.490 e. The number of nitrogens with zero attached hydrogens (tertiary/aromatic N) is 2. The van der Waals surface area contributed by atoms with E-state index in [1.54, 1.807) is 10.7 Å². The van der Waals surface area contributed by atoms with E-state index in [1.165, 1.54) is 0 Å². The van der Waals surface area contributed by atoms with Crippen LogP contribution in [-0.2, 0) is 6.54 Å². The van der Waals surface area contributed by atoms with Crippen molar-refractivity contribution in [3.05, 3.63) is 41.8 Å². The smallest absolute Gasteiger partial charge is 0.292 e. The second kappa shape index (κ2) is 6.16. The lowest BCUT2D eigenvalue weighted by atomic mass is 10.2. The molecular formula is C17H19N3O3. The van der Waals surface area contributed by atoms with E-state index in [0.29, 0.717) is 30.3 Å². The Hall–Kier alpha value is -2.76. The molecule has 3 rings (SSSR count). The number of benzene rings is 1. The maximum absolute atomic E-state index is 12.4. The second-order valence-corrected chi connectivity index (χ2v) is 5.16. The highest BCUT2D eigenvalue weighted by molar-refractivity contribution is 6.04. The molecule has 1 aromatic carbocycles. The van der Waals surface area contributed by atoms with E-state index in [4.69, 9.17) is 9.15 Å². The topological polar surface area (TPSA) is 69.3 Å². The largest absolute Gasteiger partial charge is 0.490 e. The van der Waals surface area contributed by atoms with Crippen LogP contribution in [0.5, 0.6) is 5.75 Å². The van der Waals surface area contributed by atoms with Gasteiger partial charge >= 0.3 is 0 Å². The van der Waals surface area contributed by atoms with E-state index >= 15 is 0 Å². The monoisotopic (exact) mass is 313 g/mol. The molecule has 2 heterocycles.